The van der Waals surface area contributed by atoms with E-state index in [0.29, 0.717) is 5.76 Å². The average Bonchev–Trinajstić information content (AvgIpc) is 3.22. The lowest BCUT2D eigenvalue weighted by molar-refractivity contribution is -0.252. The van der Waals surface area contributed by atoms with E-state index in [2.05, 4.69) is 10.1 Å². The second-order valence-corrected chi connectivity index (χ2v) is 6.58. The van der Waals surface area contributed by atoms with Crippen LogP contribution in [-0.2, 0) is 47.7 Å². The normalized spacial score (nSPS) is 24.9. The second-order valence-electron chi connectivity index (χ2n) is 6.58. The number of ether oxygens (including phenoxy) is 5. The molecule has 2 heterocycles. The quantitative estimate of drug-likeness (QED) is 0.339. The molecule has 0 radical (unpaired) electrons. The minimum atomic E-state index is -1.60. The van der Waals surface area contributed by atoms with Crippen molar-refractivity contribution in [3.63, 3.8) is 0 Å². The van der Waals surface area contributed by atoms with Gasteiger partial charge in [0.2, 0.25) is 5.91 Å². The number of hydrogen-bond donors (Lipinski definition) is 1. The summed E-state index contributed by atoms with van der Waals surface area (Å²) in [5.74, 6) is -3.74. The van der Waals surface area contributed by atoms with Gasteiger partial charge in [0.05, 0.1) is 13.4 Å². The Morgan fingerprint density at radius 1 is 0.938 bits per heavy atom. The van der Waals surface area contributed by atoms with Crippen LogP contribution in [0.25, 0.3) is 6.08 Å². The highest BCUT2D eigenvalue weighted by atomic mass is 16.7. The molecule has 12 nitrogen and oxygen atoms in total. The summed E-state index contributed by atoms with van der Waals surface area (Å²) in [6.07, 6.45) is -3.63. The Morgan fingerprint density at radius 3 is 2.06 bits per heavy atom. The highest BCUT2D eigenvalue weighted by Crippen LogP contribution is 2.28. The molecule has 0 bridgehead atoms. The van der Waals surface area contributed by atoms with Gasteiger partial charge in [-0.1, -0.05) is 0 Å². The molecular weight excluding hydrogens is 430 g/mol. The molecule has 32 heavy (non-hydrogen) atoms. The van der Waals surface area contributed by atoms with E-state index in [1.165, 1.54) is 12.3 Å². The van der Waals surface area contributed by atoms with Gasteiger partial charge in [-0.15, -0.1) is 0 Å². The van der Waals surface area contributed by atoms with E-state index < -0.39 is 60.4 Å². The summed E-state index contributed by atoms with van der Waals surface area (Å²) in [5, 5.41) is 2.42. The van der Waals surface area contributed by atoms with Crippen molar-refractivity contribution in [3.8, 4) is 0 Å². The topological polar surface area (TPSA) is 157 Å². The number of carbonyl (C=O) groups is 5. The van der Waals surface area contributed by atoms with Gasteiger partial charge in [0, 0.05) is 26.8 Å². The Kier molecular flexibility index (Phi) is 8.53. The molecule has 0 aliphatic carbocycles. The van der Waals surface area contributed by atoms with Gasteiger partial charge in [-0.2, -0.15) is 0 Å². The Bertz CT molecular complexity index is 876. The van der Waals surface area contributed by atoms with E-state index in [4.69, 9.17) is 23.4 Å². The number of methoxy groups -OCH3 is 1. The van der Waals surface area contributed by atoms with Crippen LogP contribution in [0, 0.1) is 0 Å². The van der Waals surface area contributed by atoms with E-state index in [9.17, 15) is 24.0 Å². The average molecular weight is 453 g/mol. The van der Waals surface area contributed by atoms with Crippen LogP contribution in [0.3, 0.4) is 0 Å². The van der Waals surface area contributed by atoms with E-state index in [1.807, 2.05) is 0 Å². The maximum absolute atomic E-state index is 12.4. The number of esters is 4. The first kappa shape index (κ1) is 24.6. The summed E-state index contributed by atoms with van der Waals surface area (Å²) in [5.41, 5.74) is 0. The molecule has 2 rings (SSSR count). The fraction of sp³-hybridized carbons (Fsp3) is 0.450. The highest BCUT2D eigenvalue weighted by molar-refractivity contribution is 5.91. The van der Waals surface area contributed by atoms with Crippen molar-refractivity contribution in [1.29, 1.82) is 0 Å². The van der Waals surface area contributed by atoms with Crippen LogP contribution in [0.1, 0.15) is 26.5 Å². The van der Waals surface area contributed by atoms with Gasteiger partial charge in [0.15, 0.2) is 30.6 Å². The second kappa shape index (κ2) is 11.1. The molecule has 5 atom stereocenters. The molecule has 0 spiro atoms. The summed E-state index contributed by atoms with van der Waals surface area (Å²) in [6.45, 7) is 3.21. The Balaban J connectivity index is 2.38. The molecule has 174 valence electrons. The molecule has 1 aromatic heterocycles. The number of hydrogen-bond acceptors (Lipinski definition) is 11. The van der Waals surface area contributed by atoms with Crippen LogP contribution >= 0.6 is 0 Å². The van der Waals surface area contributed by atoms with Crippen LogP contribution in [0.2, 0.25) is 0 Å². The van der Waals surface area contributed by atoms with Gasteiger partial charge >= 0.3 is 23.9 Å². The monoisotopic (exact) mass is 453 g/mol. The van der Waals surface area contributed by atoms with Crippen LogP contribution in [-0.4, -0.2) is 67.5 Å². The van der Waals surface area contributed by atoms with Crippen molar-refractivity contribution < 1.29 is 52.1 Å². The fourth-order valence-electron chi connectivity index (χ4n) is 2.97. The Morgan fingerprint density at radius 2 is 1.53 bits per heavy atom. The predicted octanol–water partition coefficient (Wildman–Crippen LogP) is 0.102. The van der Waals surface area contributed by atoms with Crippen molar-refractivity contribution >= 4 is 35.9 Å². The third-order valence-electron chi connectivity index (χ3n) is 4.10. The third-order valence-corrected chi connectivity index (χ3v) is 4.10. The van der Waals surface area contributed by atoms with Gasteiger partial charge < -0.3 is 33.4 Å². The number of nitrogens with one attached hydrogen (secondary N) is 1. The fourth-order valence-corrected chi connectivity index (χ4v) is 2.97. The maximum atomic E-state index is 12.4. The first-order valence-corrected chi connectivity index (χ1v) is 9.39. The van der Waals surface area contributed by atoms with Gasteiger partial charge in [-0.3, -0.25) is 19.2 Å². The molecule has 1 aliphatic rings. The van der Waals surface area contributed by atoms with Crippen LogP contribution < -0.4 is 5.32 Å². The Labute approximate surface area is 182 Å². The van der Waals surface area contributed by atoms with E-state index in [0.717, 1.165) is 34.0 Å². The van der Waals surface area contributed by atoms with E-state index in [-0.39, 0.29) is 0 Å². The molecule has 1 aromatic rings. The van der Waals surface area contributed by atoms with Crippen molar-refractivity contribution in [1.82, 2.24) is 5.32 Å². The highest BCUT2D eigenvalue weighted by Gasteiger charge is 2.55. The molecule has 0 saturated carbocycles. The molecule has 12 heteroatoms. The lowest BCUT2D eigenvalue weighted by atomic mass is 9.96. The summed E-state index contributed by atoms with van der Waals surface area (Å²) >= 11 is 0. The predicted molar refractivity (Wildman–Crippen MR) is 103 cm³/mol. The van der Waals surface area contributed by atoms with Crippen LogP contribution in [0.15, 0.2) is 28.9 Å². The zero-order valence-electron chi connectivity index (χ0n) is 17.8. The van der Waals surface area contributed by atoms with Crippen LogP contribution in [0.4, 0.5) is 0 Å². The molecule has 0 aromatic carbocycles. The molecule has 1 N–H and O–H groups in total. The van der Waals surface area contributed by atoms with Crippen molar-refractivity contribution in [2.24, 2.45) is 0 Å². The molecular formula is C20H23NO11. The molecule has 0 unspecified atom stereocenters. The number of furan rings is 1. The van der Waals surface area contributed by atoms with Crippen molar-refractivity contribution in [2.75, 3.05) is 7.11 Å². The first-order chi connectivity index (χ1) is 15.1. The minimum Gasteiger partial charge on any atom is -0.467 e. The molecule has 1 saturated heterocycles. The summed E-state index contributed by atoms with van der Waals surface area (Å²) < 4.78 is 30.9. The summed E-state index contributed by atoms with van der Waals surface area (Å²) in [6, 6.07) is 3.23. The number of rotatable bonds is 7. The van der Waals surface area contributed by atoms with Gasteiger partial charge in [0.1, 0.15) is 5.76 Å². The lowest BCUT2D eigenvalue weighted by Crippen LogP contribution is -2.66. The standard InChI is InChI=1S/C20H23NO11/c1-10(22)29-15-16(30-11(2)23)18(20(26)27-4)32-19(17(15)31-12(3)24)21-14(25)8-7-13-6-5-9-28-13/h5-9,15-19H,1-4H3,(H,21,25)/b8-7+/t15-,16-,17+,18-,19+/m0/s1. The molecule has 1 aliphatic heterocycles. The summed E-state index contributed by atoms with van der Waals surface area (Å²) in [4.78, 5) is 59.7. The summed E-state index contributed by atoms with van der Waals surface area (Å²) in [7, 11) is 1.06. The SMILES string of the molecule is COC(=O)[C@H]1O[C@@H](NC(=O)/C=C/c2ccco2)[C@H](OC(C)=O)[C@@H](OC(C)=O)[C@@H]1OC(C)=O. The lowest BCUT2D eigenvalue weighted by Gasteiger charge is -2.43. The Hall–Kier alpha value is -3.67. The minimum absolute atomic E-state index is 0.390. The largest absolute Gasteiger partial charge is 0.467 e. The zero-order chi connectivity index (χ0) is 23.8. The third kappa shape index (κ3) is 6.67. The molecule has 1 fully saturated rings. The van der Waals surface area contributed by atoms with Gasteiger partial charge in [-0.25, -0.2) is 4.79 Å². The van der Waals surface area contributed by atoms with E-state index >= 15 is 0 Å². The first-order valence-electron chi connectivity index (χ1n) is 9.39. The van der Waals surface area contributed by atoms with Crippen molar-refractivity contribution in [3.05, 3.63) is 30.2 Å². The number of carbonyl (C=O) groups excluding carboxylic acids is 5. The van der Waals surface area contributed by atoms with Gasteiger partial charge in [-0.05, 0) is 18.2 Å². The zero-order valence-corrected chi connectivity index (χ0v) is 17.8. The van der Waals surface area contributed by atoms with Gasteiger partial charge in [0.25, 0.3) is 0 Å². The maximum Gasteiger partial charge on any atom is 0.339 e. The van der Waals surface area contributed by atoms with E-state index in [1.54, 1.807) is 12.1 Å². The molecule has 1 amide bonds. The van der Waals surface area contributed by atoms with Crippen molar-refractivity contribution in [2.45, 2.75) is 51.4 Å². The smallest absolute Gasteiger partial charge is 0.339 e. The number of amides is 1. The van der Waals surface area contributed by atoms with Crippen LogP contribution in [0.5, 0.6) is 0 Å².